The maximum Gasteiger partial charge on any atom is 0.251 e. The third kappa shape index (κ3) is 4.95. The van der Waals surface area contributed by atoms with Crippen LogP contribution in [0.3, 0.4) is 0 Å². The molecule has 0 aromatic heterocycles. The molecule has 1 amide bonds. The average molecular weight is 351 g/mol. The van der Waals surface area contributed by atoms with E-state index in [0.717, 1.165) is 36.7 Å². The van der Waals surface area contributed by atoms with E-state index < -0.39 is 0 Å². The Morgan fingerprint density at radius 3 is 2.50 bits per heavy atom. The van der Waals surface area contributed by atoms with E-state index in [2.05, 4.69) is 29.3 Å². The van der Waals surface area contributed by atoms with Crippen molar-refractivity contribution in [3.8, 4) is 11.1 Å². The number of amides is 1. The molecule has 0 spiro atoms. The molecule has 1 aliphatic rings. The van der Waals surface area contributed by atoms with Gasteiger partial charge < -0.3 is 10.2 Å². The first-order chi connectivity index (χ1) is 12.8. The Morgan fingerprint density at radius 2 is 1.77 bits per heavy atom. The number of carbonyl (C=O) groups is 1. The minimum Gasteiger partial charge on any atom is -0.352 e. The van der Waals surface area contributed by atoms with Gasteiger partial charge in [-0.3, -0.25) is 4.79 Å². The standard InChI is InChI=1S/C23H30N2O/c1-2-22-11-6-7-17-25(22)18-8-16-24-23(26)21-14-12-20(13-15-21)19-9-4-3-5-10-19/h3-5,9-10,12-15,22H,2,6-8,11,16-18H2,1H3,(H,24,26)/t22-/m1/s1. The van der Waals surface area contributed by atoms with Gasteiger partial charge in [-0.2, -0.15) is 0 Å². The zero-order chi connectivity index (χ0) is 18.2. The average Bonchev–Trinajstić information content (AvgIpc) is 2.72. The molecule has 0 aliphatic carbocycles. The van der Waals surface area contributed by atoms with Crippen LogP contribution >= 0.6 is 0 Å². The molecular formula is C23H30N2O. The molecule has 2 aromatic carbocycles. The molecule has 138 valence electrons. The van der Waals surface area contributed by atoms with E-state index in [9.17, 15) is 4.79 Å². The number of hydrogen-bond donors (Lipinski definition) is 1. The number of benzene rings is 2. The van der Waals surface area contributed by atoms with Crippen LogP contribution < -0.4 is 5.32 Å². The Hall–Kier alpha value is -2.13. The topological polar surface area (TPSA) is 32.3 Å². The van der Waals surface area contributed by atoms with E-state index in [-0.39, 0.29) is 5.91 Å². The lowest BCUT2D eigenvalue weighted by Crippen LogP contribution is -2.40. The quantitative estimate of drug-likeness (QED) is 0.732. The number of carbonyl (C=O) groups excluding carboxylic acids is 1. The normalized spacial score (nSPS) is 17.8. The maximum atomic E-state index is 12.3. The second kappa shape index (κ2) is 9.54. The van der Waals surface area contributed by atoms with Crippen LogP contribution in [0.25, 0.3) is 11.1 Å². The number of likely N-dealkylation sites (tertiary alicyclic amines) is 1. The van der Waals surface area contributed by atoms with Gasteiger partial charge in [0, 0.05) is 24.7 Å². The molecule has 3 heteroatoms. The predicted molar refractivity (Wildman–Crippen MR) is 108 cm³/mol. The second-order valence-corrected chi connectivity index (χ2v) is 7.15. The van der Waals surface area contributed by atoms with Gasteiger partial charge >= 0.3 is 0 Å². The lowest BCUT2D eigenvalue weighted by Gasteiger charge is -2.35. The van der Waals surface area contributed by atoms with Crippen molar-refractivity contribution in [2.75, 3.05) is 19.6 Å². The van der Waals surface area contributed by atoms with Crippen molar-refractivity contribution < 1.29 is 4.79 Å². The van der Waals surface area contributed by atoms with E-state index in [1.807, 2.05) is 42.5 Å². The highest BCUT2D eigenvalue weighted by Gasteiger charge is 2.19. The van der Waals surface area contributed by atoms with Crippen LogP contribution in [-0.2, 0) is 0 Å². The summed E-state index contributed by atoms with van der Waals surface area (Å²) in [6.07, 6.45) is 6.27. The molecule has 0 radical (unpaired) electrons. The van der Waals surface area contributed by atoms with Gasteiger partial charge in [-0.05, 0) is 55.5 Å². The largest absolute Gasteiger partial charge is 0.352 e. The molecule has 3 nitrogen and oxygen atoms in total. The highest BCUT2D eigenvalue weighted by molar-refractivity contribution is 5.94. The van der Waals surface area contributed by atoms with Crippen LogP contribution in [0.4, 0.5) is 0 Å². The van der Waals surface area contributed by atoms with Crippen molar-refractivity contribution in [1.29, 1.82) is 0 Å². The Kier molecular flexibility index (Phi) is 6.84. The summed E-state index contributed by atoms with van der Waals surface area (Å²) in [4.78, 5) is 14.9. The highest BCUT2D eigenvalue weighted by Crippen LogP contribution is 2.20. The monoisotopic (exact) mass is 350 g/mol. The fraction of sp³-hybridized carbons (Fsp3) is 0.435. The number of rotatable bonds is 7. The Bertz CT molecular complexity index is 681. The van der Waals surface area contributed by atoms with Crippen molar-refractivity contribution in [2.45, 2.75) is 45.1 Å². The first-order valence-corrected chi connectivity index (χ1v) is 9.95. The summed E-state index contributed by atoms with van der Waals surface area (Å²) in [6.45, 7) is 5.33. The maximum absolute atomic E-state index is 12.3. The first kappa shape index (κ1) is 18.7. The zero-order valence-electron chi connectivity index (χ0n) is 15.8. The molecule has 0 saturated carbocycles. The third-order valence-corrected chi connectivity index (χ3v) is 5.38. The fourth-order valence-corrected chi connectivity index (χ4v) is 3.85. The van der Waals surface area contributed by atoms with Gasteiger partial charge in [-0.1, -0.05) is 55.8 Å². The van der Waals surface area contributed by atoms with Crippen LogP contribution in [0.15, 0.2) is 54.6 Å². The van der Waals surface area contributed by atoms with Crippen LogP contribution in [0, 0.1) is 0 Å². The Morgan fingerprint density at radius 1 is 1.04 bits per heavy atom. The van der Waals surface area contributed by atoms with Crippen molar-refractivity contribution >= 4 is 5.91 Å². The fourth-order valence-electron chi connectivity index (χ4n) is 3.85. The molecule has 1 fully saturated rings. The Balaban J connectivity index is 1.45. The molecule has 26 heavy (non-hydrogen) atoms. The lowest BCUT2D eigenvalue weighted by atomic mass is 10.00. The second-order valence-electron chi connectivity index (χ2n) is 7.15. The highest BCUT2D eigenvalue weighted by atomic mass is 16.1. The molecule has 1 N–H and O–H groups in total. The van der Waals surface area contributed by atoms with Crippen LogP contribution in [0.5, 0.6) is 0 Å². The third-order valence-electron chi connectivity index (χ3n) is 5.38. The van der Waals surface area contributed by atoms with E-state index in [1.54, 1.807) is 0 Å². The zero-order valence-corrected chi connectivity index (χ0v) is 15.8. The molecule has 0 unspecified atom stereocenters. The summed E-state index contributed by atoms with van der Waals surface area (Å²) < 4.78 is 0. The summed E-state index contributed by atoms with van der Waals surface area (Å²) in [6, 6.07) is 18.8. The molecule has 0 bridgehead atoms. The van der Waals surface area contributed by atoms with Gasteiger partial charge in [0.25, 0.3) is 5.91 Å². The smallest absolute Gasteiger partial charge is 0.251 e. The summed E-state index contributed by atoms with van der Waals surface area (Å²) >= 11 is 0. The number of nitrogens with one attached hydrogen (secondary N) is 1. The van der Waals surface area contributed by atoms with Gasteiger partial charge in [-0.15, -0.1) is 0 Å². The van der Waals surface area contributed by atoms with Gasteiger partial charge in [0.15, 0.2) is 0 Å². The summed E-state index contributed by atoms with van der Waals surface area (Å²) in [7, 11) is 0. The van der Waals surface area contributed by atoms with Crippen LogP contribution in [0.1, 0.15) is 49.4 Å². The molecule has 1 saturated heterocycles. The van der Waals surface area contributed by atoms with E-state index in [1.165, 1.54) is 37.8 Å². The molecule has 2 aromatic rings. The van der Waals surface area contributed by atoms with Crippen molar-refractivity contribution in [3.63, 3.8) is 0 Å². The molecular weight excluding hydrogens is 320 g/mol. The van der Waals surface area contributed by atoms with Gasteiger partial charge in [0.1, 0.15) is 0 Å². The van der Waals surface area contributed by atoms with Gasteiger partial charge in [0.05, 0.1) is 0 Å². The SMILES string of the molecule is CC[C@@H]1CCCCN1CCCNC(=O)c1ccc(-c2ccccc2)cc1. The lowest BCUT2D eigenvalue weighted by molar-refractivity contribution is 0.0947. The number of piperidine rings is 1. The van der Waals surface area contributed by atoms with E-state index in [4.69, 9.17) is 0 Å². The summed E-state index contributed by atoms with van der Waals surface area (Å²) in [5.74, 6) is 0.0234. The van der Waals surface area contributed by atoms with E-state index >= 15 is 0 Å². The molecule has 1 heterocycles. The van der Waals surface area contributed by atoms with Gasteiger partial charge in [0.2, 0.25) is 0 Å². The first-order valence-electron chi connectivity index (χ1n) is 9.95. The molecule has 3 rings (SSSR count). The predicted octanol–water partition coefficient (Wildman–Crippen LogP) is 4.74. The van der Waals surface area contributed by atoms with Crippen molar-refractivity contribution in [2.24, 2.45) is 0 Å². The summed E-state index contributed by atoms with van der Waals surface area (Å²) in [5.41, 5.74) is 3.04. The van der Waals surface area contributed by atoms with Crippen LogP contribution in [-0.4, -0.2) is 36.5 Å². The minimum absolute atomic E-state index is 0.0234. The Labute approximate surface area is 157 Å². The molecule has 1 atom stereocenters. The number of hydrogen-bond acceptors (Lipinski definition) is 2. The number of nitrogens with zero attached hydrogens (tertiary/aromatic N) is 1. The molecule has 1 aliphatic heterocycles. The van der Waals surface area contributed by atoms with E-state index in [0.29, 0.717) is 0 Å². The van der Waals surface area contributed by atoms with Crippen LogP contribution in [0.2, 0.25) is 0 Å². The summed E-state index contributed by atoms with van der Waals surface area (Å²) in [5, 5.41) is 3.07. The van der Waals surface area contributed by atoms with Crippen molar-refractivity contribution in [3.05, 3.63) is 60.2 Å². The van der Waals surface area contributed by atoms with Gasteiger partial charge in [-0.25, -0.2) is 0 Å². The minimum atomic E-state index is 0.0234. The van der Waals surface area contributed by atoms with Crippen molar-refractivity contribution in [1.82, 2.24) is 10.2 Å².